The molecular weight excluding hydrogens is 435 g/mol. The van der Waals surface area contributed by atoms with E-state index in [9.17, 15) is 18.3 Å². The minimum Gasteiger partial charge on any atom is -0.387 e. The van der Waals surface area contributed by atoms with Crippen molar-refractivity contribution in [2.24, 2.45) is 0 Å². The molecule has 2 heterocycles. The van der Waals surface area contributed by atoms with E-state index in [0.717, 1.165) is 21.7 Å². The van der Waals surface area contributed by atoms with Gasteiger partial charge < -0.3 is 10.4 Å². The molecule has 9 heteroatoms. The van der Waals surface area contributed by atoms with Crippen LogP contribution in [0.3, 0.4) is 0 Å². The number of thiophene rings is 1. The van der Waals surface area contributed by atoms with E-state index in [0.29, 0.717) is 11.3 Å². The Morgan fingerprint density at radius 3 is 2.70 bits per heavy atom. The van der Waals surface area contributed by atoms with Gasteiger partial charge in [-0.1, -0.05) is 35.9 Å². The summed E-state index contributed by atoms with van der Waals surface area (Å²) in [5.41, 5.74) is 0.765. The summed E-state index contributed by atoms with van der Waals surface area (Å²) < 4.78 is 39.8. The summed E-state index contributed by atoms with van der Waals surface area (Å²) in [7, 11) is 0. The van der Waals surface area contributed by atoms with E-state index in [1.54, 1.807) is 17.4 Å². The van der Waals surface area contributed by atoms with Crippen LogP contribution in [-0.2, 0) is 6.18 Å². The SMILES string of the molecule is OC(CNc1nccc(-c2ccc(C(F)(F)F)c(Cl)c2)n1)c1csc2ccccc12. The Kier molecular flexibility index (Phi) is 5.64. The van der Waals surface area contributed by atoms with E-state index < -0.39 is 22.9 Å². The summed E-state index contributed by atoms with van der Waals surface area (Å²) in [4.78, 5) is 8.44. The molecule has 0 bridgehead atoms. The van der Waals surface area contributed by atoms with Gasteiger partial charge >= 0.3 is 6.18 Å². The Hall–Kier alpha value is -2.68. The molecule has 0 spiro atoms. The molecule has 1 unspecified atom stereocenters. The van der Waals surface area contributed by atoms with Crippen LogP contribution in [0.15, 0.2) is 60.1 Å². The number of halogens is 4. The zero-order valence-corrected chi connectivity index (χ0v) is 16.9. The van der Waals surface area contributed by atoms with Gasteiger partial charge in [-0.25, -0.2) is 9.97 Å². The van der Waals surface area contributed by atoms with Crippen molar-refractivity contribution in [3.63, 3.8) is 0 Å². The first-order chi connectivity index (χ1) is 14.3. The Morgan fingerprint density at radius 1 is 1.13 bits per heavy atom. The van der Waals surface area contributed by atoms with E-state index in [1.165, 1.54) is 18.3 Å². The number of fused-ring (bicyclic) bond motifs is 1. The molecule has 2 aromatic heterocycles. The van der Waals surface area contributed by atoms with E-state index in [2.05, 4.69) is 15.3 Å². The quantitative estimate of drug-likeness (QED) is 0.382. The maximum atomic E-state index is 12.9. The maximum Gasteiger partial charge on any atom is 0.417 e. The fraction of sp³-hybridized carbons (Fsp3) is 0.143. The Balaban J connectivity index is 1.51. The molecule has 30 heavy (non-hydrogen) atoms. The lowest BCUT2D eigenvalue weighted by atomic mass is 10.1. The molecule has 4 aromatic rings. The van der Waals surface area contributed by atoms with E-state index >= 15 is 0 Å². The lowest BCUT2D eigenvalue weighted by Gasteiger charge is -2.13. The molecule has 154 valence electrons. The van der Waals surface area contributed by atoms with E-state index in [4.69, 9.17) is 11.6 Å². The lowest BCUT2D eigenvalue weighted by molar-refractivity contribution is -0.137. The topological polar surface area (TPSA) is 58.0 Å². The van der Waals surface area contributed by atoms with Gasteiger partial charge in [0, 0.05) is 28.6 Å². The zero-order valence-electron chi connectivity index (χ0n) is 15.3. The van der Waals surface area contributed by atoms with Crippen molar-refractivity contribution in [3.8, 4) is 11.3 Å². The van der Waals surface area contributed by atoms with Crippen LogP contribution in [0.25, 0.3) is 21.3 Å². The van der Waals surface area contributed by atoms with Gasteiger partial charge in [-0.3, -0.25) is 0 Å². The van der Waals surface area contributed by atoms with Gasteiger partial charge in [0.15, 0.2) is 0 Å². The van der Waals surface area contributed by atoms with Crippen molar-refractivity contribution in [3.05, 3.63) is 76.3 Å². The molecule has 0 saturated heterocycles. The monoisotopic (exact) mass is 449 g/mol. The molecule has 0 aliphatic heterocycles. The fourth-order valence-corrected chi connectivity index (χ4v) is 4.36. The first-order valence-corrected chi connectivity index (χ1v) is 10.2. The van der Waals surface area contributed by atoms with Crippen molar-refractivity contribution >= 4 is 39.0 Å². The van der Waals surface area contributed by atoms with Crippen LogP contribution in [0.4, 0.5) is 19.1 Å². The largest absolute Gasteiger partial charge is 0.417 e. The number of hydrogen-bond donors (Lipinski definition) is 2. The van der Waals surface area contributed by atoms with E-state index in [1.807, 2.05) is 29.6 Å². The highest BCUT2D eigenvalue weighted by molar-refractivity contribution is 7.17. The number of hydrogen-bond acceptors (Lipinski definition) is 5. The van der Waals surface area contributed by atoms with Crippen LogP contribution in [0, 0.1) is 0 Å². The standard InChI is InChI=1S/C21H15ClF3N3OS/c22-16-9-12(5-6-15(16)21(23,24)25)17-7-8-26-20(28-17)27-10-18(29)14-11-30-19-4-2-1-3-13(14)19/h1-9,11,18,29H,10H2,(H,26,27,28). The average molecular weight is 450 g/mol. The second-order valence-corrected chi connectivity index (χ2v) is 7.86. The van der Waals surface area contributed by atoms with Crippen LogP contribution in [0.5, 0.6) is 0 Å². The number of alkyl halides is 3. The third kappa shape index (κ3) is 4.26. The summed E-state index contributed by atoms with van der Waals surface area (Å²) in [5.74, 6) is 0.252. The third-order valence-corrected chi connectivity index (χ3v) is 5.84. The predicted molar refractivity (Wildman–Crippen MR) is 113 cm³/mol. The number of aliphatic hydroxyl groups excluding tert-OH is 1. The number of nitrogens with one attached hydrogen (secondary N) is 1. The second kappa shape index (κ2) is 8.22. The number of benzene rings is 2. The number of nitrogens with zero attached hydrogens (tertiary/aromatic N) is 2. The Morgan fingerprint density at radius 2 is 1.93 bits per heavy atom. The Labute approximate surface area is 179 Å². The highest BCUT2D eigenvalue weighted by atomic mass is 35.5. The molecule has 1 atom stereocenters. The number of aliphatic hydroxyl groups is 1. The first kappa shape index (κ1) is 20.6. The highest BCUT2D eigenvalue weighted by Gasteiger charge is 2.33. The molecule has 0 fully saturated rings. The van der Waals surface area contributed by atoms with Gasteiger partial charge in [0.1, 0.15) is 0 Å². The summed E-state index contributed by atoms with van der Waals surface area (Å²) >= 11 is 7.36. The highest BCUT2D eigenvalue weighted by Crippen LogP contribution is 2.36. The summed E-state index contributed by atoms with van der Waals surface area (Å²) in [6, 6.07) is 12.9. The van der Waals surface area contributed by atoms with Gasteiger partial charge in [-0.15, -0.1) is 11.3 Å². The molecule has 0 amide bonds. The molecule has 2 aromatic carbocycles. The zero-order chi connectivity index (χ0) is 21.3. The lowest BCUT2D eigenvalue weighted by Crippen LogP contribution is -2.13. The minimum atomic E-state index is -4.52. The number of anilines is 1. The molecular formula is C21H15ClF3N3OS. The smallest absolute Gasteiger partial charge is 0.387 e. The number of rotatable bonds is 5. The van der Waals surface area contributed by atoms with Gasteiger partial charge in [0.2, 0.25) is 5.95 Å². The van der Waals surface area contributed by atoms with Gasteiger partial charge in [-0.05, 0) is 35.0 Å². The van der Waals surface area contributed by atoms with Gasteiger partial charge in [0.25, 0.3) is 0 Å². The molecule has 0 aliphatic rings. The average Bonchev–Trinajstić information content (AvgIpc) is 3.15. The van der Waals surface area contributed by atoms with Crippen LogP contribution in [-0.4, -0.2) is 21.6 Å². The van der Waals surface area contributed by atoms with Crippen molar-refractivity contribution in [1.82, 2.24) is 9.97 Å². The predicted octanol–water partition coefficient (Wildman–Crippen LogP) is 6.18. The maximum absolute atomic E-state index is 12.9. The van der Waals surface area contributed by atoms with Crippen molar-refractivity contribution in [2.45, 2.75) is 12.3 Å². The second-order valence-electron chi connectivity index (χ2n) is 6.54. The van der Waals surface area contributed by atoms with E-state index in [-0.39, 0.29) is 12.5 Å². The first-order valence-electron chi connectivity index (χ1n) is 8.91. The van der Waals surface area contributed by atoms with Gasteiger partial charge in [0.05, 0.1) is 22.4 Å². The molecule has 4 rings (SSSR count). The molecule has 0 radical (unpaired) electrons. The number of aromatic nitrogens is 2. The van der Waals surface area contributed by atoms with Crippen molar-refractivity contribution in [1.29, 1.82) is 0 Å². The fourth-order valence-electron chi connectivity index (χ4n) is 3.06. The Bertz CT molecular complexity index is 1200. The van der Waals surface area contributed by atoms with Gasteiger partial charge in [-0.2, -0.15) is 13.2 Å². The van der Waals surface area contributed by atoms with Crippen molar-refractivity contribution in [2.75, 3.05) is 11.9 Å². The summed E-state index contributed by atoms with van der Waals surface area (Å²) in [6.07, 6.45) is -3.80. The minimum absolute atomic E-state index is 0.179. The molecule has 0 saturated carbocycles. The molecule has 2 N–H and O–H groups in total. The molecule has 0 aliphatic carbocycles. The normalized spacial score (nSPS) is 12.8. The van der Waals surface area contributed by atoms with Crippen LogP contribution >= 0.6 is 22.9 Å². The molecule has 4 nitrogen and oxygen atoms in total. The van der Waals surface area contributed by atoms with Crippen LogP contribution in [0.2, 0.25) is 5.02 Å². The van der Waals surface area contributed by atoms with Crippen LogP contribution < -0.4 is 5.32 Å². The summed E-state index contributed by atoms with van der Waals surface area (Å²) in [5, 5.41) is 16.1. The third-order valence-electron chi connectivity index (χ3n) is 4.55. The van der Waals surface area contributed by atoms with Crippen molar-refractivity contribution < 1.29 is 18.3 Å². The summed E-state index contributed by atoms with van der Waals surface area (Å²) in [6.45, 7) is 0.179. The van der Waals surface area contributed by atoms with Crippen LogP contribution in [0.1, 0.15) is 17.2 Å².